The quantitative estimate of drug-likeness (QED) is 0.815. The van der Waals surface area contributed by atoms with E-state index < -0.39 is 0 Å². The van der Waals surface area contributed by atoms with Gasteiger partial charge in [-0.15, -0.1) is 0 Å². The molecule has 0 radical (unpaired) electrons. The normalized spacial score (nSPS) is 13.6. The van der Waals surface area contributed by atoms with Crippen molar-refractivity contribution in [1.82, 2.24) is 0 Å². The lowest BCUT2D eigenvalue weighted by Gasteiger charge is -2.31. The molecule has 2 amide bonds. The van der Waals surface area contributed by atoms with Gasteiger partial charge < -0.3 is 15.0 Å². The highest BCUT2D eigenvalue weighted by atomic mass is 16.5. The van der Waals surface area contributed by atoms with Gasteiger partial charge in [0.05, 0.1) is 5.69 Å². The molecule has 0 fully saturated rings. The minimum atomic E-state index is -0.228. The number of anilines is 2. The molecule has 140 valence electrons. The van der Waals surface area contributed by atoms with Gasteiger partial charge >= 0.3 is 0 Å². The summed E-state index contributed by atoms with van der Waals surface area (Å²) in [5, 5.41) is 2.84. The molecule has 5 nitrogen and oxygen atoms in total. The molecule has 1 N–H and O–H groups in total. The topological polar surface area (TPSA) is 58.6 Å². The van der Waals surface area contributed by atoms with Crippen LogP contribution in [0.15, 0.2) is 48.5 Å². The molecule has 0 bridgehead atoms. The highest BCUT2D eigenvalue weighted by molar-refractivity contribution is 6.03. The summed E-state index contributed by atoms with van der Waals surface area (Å²) in [5.74, 6) is 0.687. The molecule has 0 unspecified atom stereocenters. The van der Waals surface area contributed by atoms with Gasteiger partial charge in [-0.3, -0.25) is 9.59 Å². The smallest absolute Gasteiger partial charge is 0.265 e. The van der Waals surface area contributed by atoms with E-state index in [1.165, 1.54) is 11.6 Å². The molecule has 1 aliphatic rings. The zero-order valence-corrected chi connectivity index (χ0v) is 15.9. The van der Waals surface area contributed by atoms with Crippen LogP contribution in [0.2, 0.25) is 0 Å². The Kier molecular flexibility index (Phi) is 5.60. The van der Waals surface area contributed by atoms with Crippen molar-refractivity contribution >= 4 is 29.3 Å². The fourth-order valence-electron chi connectivity index (χ4n) is 2.88. The first kappa shape index (κ1) is 18.7. The average Bonchev–Trinajstić information content (AvgIpc) is 2.63. The highest BCUT2D eigenvalue weighted by Crippen LogP contribution is 2.35. The van der Waals surface area contributed by atoms with Crippen LogP contribution in [0.5, 0.6) is 5.75 Å². The number of carbonyl (C=O) groups is 2. The summed E-state index contributed by atoms with van der Waals surface area (Å²) < 4.78 is 5.50. The number of fused-ring (bicyclic) bond motifs is 1. The van der Waals surface area contributed by atoms with E-state index in [2.05, 4.69) is 19.2 Å². The summed E-state index contributed by atoms with van der Waals surface area (Å²) in [6, 6.07) is 13.3. The molecule has 0 spiro atoms. The summed E-state index contributed by atoms with van der Waals surface area (Å²) in [6.07, 6.45) is 3.27. The van der Waals surface area contributed by atoms with E-state index in [0.717, 1.165) is 5.56 Å². The van der Waals surface area contributed by atoms with Crippen molar-refractivity contribution in [2.75, 3.05) is 23.4 Å². The first-order valence-electron chi connectivity index (χ1n) is 9.05. The summed E-state index contributed by atoms with van der Waals surface area (Å²) in [7, 11) is 0. The minimum Gasteiger partial charge on any atom is -0.482 e. The number of amides is 2. The molecular weight excluding hydrogens is 340 g/mol. The molecule has 3 rings (SSSR count). The number of benzene rings is 2. The zero-order valence-electron chi connectivity index (χ0n) is 15.9. The number of carbonyl (C=O) groups excluding carboxylic acids is 2. The van der Waals surface area contributed by atoms with E-state index >= 15 is 0 Å². The Morgan fingerprint density at radius 2 is 1.96 bits per heavy atom. The van der Waals surface area contributed by atoms with Crippen molar-refractivity contribution in [3.63, 3.8) is 0 Å². The second kappa shape index (κ2) is 8.08. The van der Waals surface area contributed by atoms with Crippen LogP contribution >= 0.6 is 0 Å². The largest absolute Gasteiger partial charge is 0.482 e. The Balaban J connectivity index is 1.74. The standard InChI is InChI=1S/C22H24N2O3/c1-15(2)13-24-19-12-18(9-10-20(19)27-14-22(24)26)23-21(25)11-8-17-6-4-16(3)5-7-17/h4-12,15H,13-14H2,1-3H3,(H,23,25)/b11-8+. The fraction of sp³-hybridized carbons (Fsp3) is 0.273. The van der Waals surface area contributed by atoms with E-state index in [9.17, 15) is 9.59 Å². The third kappa shape index (κ3) is 4.76. The van der Waals surface area contributed by atoms with E-state index in [1.807, 2.05) is 31.2 Å². The van der Waals surface area contributed by atoms with Crippen LogP contribution in [0.4, 0.5) is 11.4 Å². The summed E-state index contributed by atoms with van der Waals surface area (Å²) in [4.78, 5) is 26.2. The van der Waals surface area contributed by atoms with Gasteiger partial charge in [-0.1, -0.05) is 43.7 Å². The SMILES string of the molecule is Cc1ccc(/C=C/C(=O)Nc2ccc3c(c2)N(CC(C)C)C(=O)CO3)cc1. The predicted molar refractivity (Wildman–Crippen MR) is 108 cm³/mol. The van der Waals surface area contributed by atoms with E-state index in [4.69, 9.17) is 4.74 Å². The van der Waals surface area contributed by atoms with Crippen LogP contribution in [0, 0.1) is 12.8 Å². The number of aryl methyl sites for hydroxylation is 1. The van der Waals surface area contributed by atoms with Crippen molar-refractivity contribution in [1.29, 1.82) is 0 Å². The van der Waals surface area contributed by atoms with Crippen molar-refractivity contribution in [2.45, 2.75) is 20.8 Å². The lowest BCUT2D eigenvalue weighted by atomic mass is 10.1. The molecule has 2 aromatic rings. The minimum absolute atomic E-state index is 0.0463. The lowest BCUT2D eigenvalue weighted by molar-refractivity contribution is -0.121. The van der Waals surface area contributed by atoms with Crippen LogP contribution in [0.25, 0.3) is 6.08 Å². The van der Waals surface area contributed by atoms with Gasteiger partial charge in [0.2, 0.25) is 5.91 Å². The Hall–Kier alpha value is -3.08. The lowest BCUT2D eigenvalue weighted by Crippen LogP contribution is -2.41. The number of nitrogens with zero attached hydrogens (tertiary/aromatic N) is 1. The molecule has 0 saturated heterocycles. The second-order valence-corrected chi connectivity index (χ2v) is 7.10. The maximum atomic E-state index is 12.2. The van der Waals surface area contributed by atoms with Gasteiger partial charge in [0.15, 0.2) is 6.61 Å². The number of rotatable bonds is 5. The average molecular weight is 364 g/mol. The first-order valence-corrected chi connectivity index (χ1v) is 9.05. The third-order valence-electron chi connectivity index (χ3n) is 4.22. The molecule has 27 heavy (non-hydrogen) atoms. The Morgan fingerprint density at radius 1 is 1.22 bits per heavy atom. The maximum Gasteiger partial charge on any atom is 0.265 e. The molecule has 2 aromatic carbocycles. The molecular formula is C22H24N2O3. The molecule has 5 heteroatoms. The van der Waals surface area contributed by atoms with Crippen LogP contribution in [0.3, 0.4) is 0 Å². The van der Waals surface area contributed by atoms with Gasteiger partial charge in [0, 0.05) is 18.3 Å². The highest BCUT2D eigenvalue weighted by Gasteiger charge is 2.26. The third-order valence-corrected chi connectivity index (χ3v) is 4.22. The van der Waals surface area contributed by atoms with Crippen molar-refractivity contribution in [3.8, 4) is 5.75 Å². The van der Waals surface area contributed by atoms with Crippen molar-refractivity contribution in [2.24, 2.45) is 5.92 Å². The Labute approximate surface area is 159 Å². The molecule has 0 aliphatic carbocycles. The number of hydrogen-bond acceptors (Lipinski definition) is 3. The van der Waals surface area contributed by atoms with Gasteiger partial charge in [-0.25, -0.2) is 0 Å². The van der Waals surface area contributed by atoms with Crippen molar-refractivity contribution in [3.05, 3.63) is 59.7 Å². The van der Waals surface area contributed by atoms with Crippen LogP contribution in [-0.2, 0) is 9.59 Å². The monoisotopic (exact) mass is 364 g/mol. The van der Waals surface area contributed by atoms with Crippen molar-refractivity contribution < 1.29 is 14.3 Å². The van der Waals surface area contributed by atoms with E-state index in [0.29, 0.717) is 29.6 Å². The van der Waals surface area contributed by atoms with Gasteiger partial charge in [0.25, 0.3) is 5.91 Å². The second-order valence-electron chi connectivity index (χ2n) is 7.10. The molecule has 0 atom stereocenters. The van der Waals surface area contributed by atoms with Crippen LogP contribution in [0.1, 0.15) is 25.0 Å². The zero-order chi connectivity index (χ0) is 19.4. The van der Waals surface area contributed by atoms with E-state index in [-0.39, 0.29) is 18.4 Å². The molecule has 1 aliphatic heterocycles. The molecule has 0 saturated carbocycles. The number of hydrogen-bond donors (Lipinski definition) is 1. The van der Waals surface area contributed by atoms with Gasteiger partial charge in [-0.2, -0.15) is 0 Å². The van der Waals surface area contributed by atoms with Gasteiger partial charge in [-0.05, 0) is 42.7 Å². The molecule has 0 aromatic heterocycles. The summed E-state index contributed by atoms with van der Waals surface area (Å²) >= 11 is 0. The fourth-order valence-corrected chi connectivity index (χ4v) is 2.88. The predicted octanol–water partition coefficient (Wildman–Crippen LogP) is 4.03. The number of nitrogens with one attached hydrogen (secondary N) is 1. The summed E-state index contributed by atoms with van der Waals surface area (Å²) in [5.41, 5.74) is 3.45. The molecule has 1 heterocycles. The Morgan fingerprint density at radius 3 is 2.67 bits per heavy atom. The number of ether oxygens (including phenoxy) is 1. The summed E-state index contributed by atoms with van der Waals surface area (Å²) in [6.45, 7) is 6.80. The first-order chi connectivity index (χ1) is 12.9. The van der Waals surface area contributed by atoms with Crippen LogP contribution in [-0.4, -0.2) is 25.0 Å². The maximum absolute atomic E-state index is 12.2. The van der Waals surface area contributed by atoms with E-state index in [1.54, 1.807) is 29.2 Å². The van der Waals surface area contributed by atoms with Crippen LogP contribution < -0.4 is 15.0 Å². The van der Waals surface area contributed by atoms with Gasteiger partial charge in [0.1, 0.15) is 5.75 Å². The Bertz CT molecular complexity index is 870.